The number of nitrogens with zero attached hydrogens (tertiary/aromatic N) is 3. The second-order valence-corrected chi connectivity index (χ2v) is 7.35. The van der Waals surface area contributed by atoms with E-state index in [4.69, 9.17) is 10.00 Å². The number of rotatable bonds is 5. The van der Waals surface area contributed by atoms with Gasteiger partial charge in [-0.1, -0.05) is 18.2 Å². The molecule has 0 spiro atoms. The summed E-state index contributed by atoms with van der Waals surface area (Å²) in [5.41, 5.74) is 4.25. The molecular weight excluding hydrogens is 350 g/mol. The van der Waals surface area contributed by atoms with Gasteiger partial charge in [0.1, 0.15) is 5.75 Å². The van der Waals surface area contributed by atoms with Crippen LogP contribution < -0.4 is 4.74 Å². The summed E-state index contributed by atoms with van der Waals surface area (Å²) in [5.74, 6) is 0.784. The van der Waals surface area contributed by atoms with Crippen molar-refractivity contribution in [1.29, 1.82) is 5.26 Å². The van der Waals surface area contributed by atoms with Crippen LogP contribution in [0.1, 0.15) is 28.7 Å². The smallest absolute Gasteiger partial charge is 0.260 e. The first-order valence-electron chi connectivity index (χ1n) is 9.74. The number of hydrogen-bond donors (Lipinski definition) is 0. The van der Waals surface area contributed by atoms with Crippen LogP contribution >= 0.6 is 0 Å². The highest BCUT2D eigenvalue weighted by Gasteiger charge is 2.19. The van der Waals surface area contributed by atoms with Gasteiger partial charge in [-0.3, -0.25) is 9.69 Å². The Morgan fingerprint density at radius 2 is 1.82 bits per heavy atom. The zero-order valence-corrected chi connectivity index (χ0v) is 16.6. The minimum atomic E-state index is 0.0402. The lowest BCUT2D eigenvalue weighted by atomic mass is 10.1. The molecule has 5 heteroatoms. The highest BCUT2D eigenvalue weighted by Crippen LogP contribution is 2.17. The standard InChI is InChI=1S/C23H27N3O2/c1-18-4-9-22(14-19(18)2)28-17-23(27)26-11-3-10-25(12-13-26)16-21-7-5-20(15-24)6-8-21/h4-9,14H,3,10-13,16-17H2,1-2H3. The van der Waals surface area contributed by atoms with E-state index in [1.807, 2.05) is 54.3 Å². The van der Waals surface area contributed by atoms with Crippen molar-refractivity contribution >= 4 is 5.91 Å². The van der Waals surface area contributed by atoms with Gasteiger partial charge in [0.25, 0.3) is 5.91 Å². The van der Waals surface area contributed by atoms with Crippen molar-refractivity contribution in [3.8, 4) is 11.8 Å². The topological polar surface area (TPSA) is 56.6 Å². The summed E-state index contributed by atoms with van der Waals surface area (Å²) in [6.07, 6.45) is 0.950. The fourth-order valence-corrected chi connectivity index (χ4v) is 3.36. The van der Waals surface area contributed by atoms with Crippen LogP contribution in [0.4, 0.5) is 0 Å². The molecule has 1 fully saturated rings. The molecule has 0 unspecified atom stereocenters. The molecule has 0 N–H and O–H groups in total. The minimum Gasteiger partial charge on any atom is -0.484 e. The first-order valence-corrected chi connectivity index (χ1v) is 9.74. The molecule has 3 rings (SSSR count). The Morgan fingerprint density at radius 3 is 2.54 bits per heavy atom. The van der Waals surface area contributed by atoms with Crippen LogP contribution in [0.5, 0.6) is 5.75 Å². The molecule has 0 bridgehead atoms. The Bertz CT molecular complexity index is 855. The number of ether oxygens (including phenoxy) is 1. The summed E-state index contributed by atoms with van der Waals surface area (Å²) in [5, 5.41) is 8.90. The highest BCUT2D eigenvalue weighted by atomic mass is 16.5. The Labute approximate surface area is 167 Å². The number of hydrogen-bond acceptors (Lipinski definition) is 4. The lowest BCUT2D eigenvalue weighted by Crippen LogP contribution is -2.38. The second kappa shape index (κ2) is 9.38. The van der Waals surface area contributed by atoms with Gasteiger partial charge in [-0.2, -0.15) is 5.26 Å². The van der Waals surface area contributed by atoms with Crippen LogP contribution in [-0.2, 0) is 11.3 Å². The maximum absolute atomic E-state index is 12.6. The van der Waals surface area contributed by atoms with Gasteiger partial charge in [0, 0.05) is 32.7 Å². The average molecular weight is 377 g/mol. The predicted octanol–water partition coefficient (Wildman–Crippen LogP) is 3.29. The van der Waals surface area contributed by atoms with Crippen molar-refractivity contribution in [2.24, 2.45) is 0 Å². The van der Waals surface area contributed by atoms with E-state index in [0.29, 0.717) is 12.1 Å². The molecule has 1 aliphatic heterocycles. The van der Waals surface area contributed by atoms with Crippen LogP contribution in [0.3, 0.4) is 0 Å². The Hall–Kier alpha value is -2.84. The molecule has 2 aromatic rings. The average Bonchev–Trinajstić information content (AvgIpc) is 2.95. The quantitative estimate of drug-likeness (QED) is 0.802. The number of aryl methyl sites for hydroxylation is 2. The summed E-state index contributed by atoms with van der Waals surface area (Å²) in [4.78, 5) is 16.8. The van der Waals surface area contributed by atoms with E-state index in [0.717, 1.165) is 43.9 Å². The van der Waals surface area contributed by atoms with Crippen molar-refractivity contribution in [1.82, 2.24) is 9.80 Å². The van der Waals surface area contributed by atoms with Crippen molar-refractivity contribution in [3.05, 3.63) is 64.7 Å². The fourth-order valence-electron chi connectivity index (χ4n) is 3.36. The maximum atomic E-state index is 12.6. The maximum Gasteiger partial charge on any atom is 0.260 e. The van der Waals surface area contributed by atoms with E-state index >= 15 is 0 Å². The summed E-state index contributed by atoms with van der Waals surface area (Å²) in [6, 6.07) is 15.8. The van der Waals surface area contributed by atoms with Gasteiger partial charge in [-0.05, 0) is 61.2 Å². The zero-order chi connectivity index (χ0) is 19.9. The molecule has 2 aromatic carbocycles. The Kier molecular flexibility index (Phi) is 6.67. The lowest BCUT2D eigenvalue weighted by Gasteiger charge is -2.22. The monoisotopic (exact) mass is 377 g/mol. The van der Waals surface area contributed by atoms with Crippen molar-refractivity contribution in [2.75, 3.05) is 32.8 Å². The third-order valence-corrected chi connectivity index (χ3v) is 5.27. The SMILES string of the molecule is Cc1ccc(OCC(=O)N2CCCN(Cc3ccc(C#N)cc3)CC2)cc1C. The molecule has 1 saturated heterocycles. The van der Waals surface area contributed by atoms with Crippen LogP contribution in [0.25, 0.3) is 0 Å². The molecule has 0 radical (unpaired) electrons. The van der Waals surface area contributed by atoms with Gasteiger partial charge < -0.3 is 9.64 Å². The first kappa shape index (κ1) is 19.9. The van der Waals surface area contributed by atoms with E-state index in [1.165, 1.54) is 11.1 Å². The first-order chi connectivity index (χ1) is 13.5. The zero-order valence-electron chi connectivity index (χ0n) is 16.6. The second-order valence-electron chi connectivity index (χ2n) is 7.35. The Morgan fingerprint density at radius 1 is 1.04 bits per heavy atom. The normalized spacial score (nSPS) is 15.0. The van der Waals surface area contributed by atoms with E-state index in [2.05, 4.69) is 17.9 Å². The fraction of sp³-hybridized carbons (Fsp3) is 0.391. The highest BCUT2D eigenvalue weighted by molar-refractivity contribution is 5.77. The molecular formula is C23H27N3O2. The summed E-state index contributed by atoms with van der Waals surface area (Å²) in [6.45, 7) is 8.30. The number of benzene rings is 2. The van der Waals surface area contributed by atoms with Gasteiger partial charge in [0.05, 0.1) is 11.6 Å². The molecule has 1 aliphatic rings. The van der Waals surface area contributed by atoms with Crippen LogP contribution in [0.15, 0.2) is 42.5 Å². The van der Waals surface area contributed by atoms with Crippen LogP contribution in [0, 0.1) is 25.2 Å². The molecule has 0 aromatic heterocycles. The summed E-state index contributed by atoms with van der Waals surface area (Å²) in [7, 11) is 0. The van der Waals surface area contributed by atoms with Gasteiger partial charge >= 0.3 is 0 Å². The van der Waals surface area contributed by atoms with E-state index in [1.54, 1.807) is 0 Å². The summed E-state index contributed by atoms with van der Waals surface area (Å²) < 4.78 is 5.71. The molecule has 28 heavy (non-hydrogen) atoms. The molecule has 146 valence electrons. The van der Waals surface area contributed by atoms with Gasteiger partial charge in [0.15, 0.2) is 6.61 Å². The third-order valence-electron chi connectivity index (χ3n) is 5.27. The Balaban J connectivity index is 1.48. The molecule has 1 heterocycles. The number of amides is 1. The van der Waals surface area contributed by atoms with Gasteiger partial charge in [0.2, 0.25) is 0 Å². The number of carbonyl (C=O) groups is 1. The number of carbonyl (C=O) groups excluding carboxylic acids is 1. The molecule has 0 atom stereocenters. The molecule has 0 saturated carbocycles. The van der Waals surface area contributed by atoms with Crippen LogP contribution in [-0.4, -0.2) is 48.5 Å². The molecule has 5 nitrogen and oxygen atoms in total. The number of nitriles is 1. The van der Waals surface area contributed by atoms with Crippen LogP contribution in [0.2, 0.25) is 0 Å². The van der Waals surface area contributed by atoms with E-state index in [-0.39, 0.29) is 12.5 Å². The van der Waals surface area contributed by atoms with Crippen molar-refractivity contribution in [2.45, 2.75) is 26.8 Å². The minimum absolute atomic E-state index is 0.0402. The lowest BCUT2D eigenvalue weighted by molar-refractivity contribution is -0.133. The third kappa shape index (κ3) is 5.34. The molecule has 0 aliphatic carbocycles. The van der Waals surface area contributed by atoms with Gasteiger partial charge in [-0.15, -0.1) is 0 Å². The molecule has 1 amide bonds. The van der Waals surface area contributed by atoms with Crippen molar-refractivity contribution in [3.63, 3.8) is 0 Å². The largest absolute Gasteiger partial charge is 0.484 e. The summed E-state index contributed by atoms with van der Waals surface area (Å²) >= 11 is 0. The van der Waals surface area contributed by atoms with Gasteiger partial charge in [-0.25, -0.2) is 0 Å². The van der Waals surface area contributed by atoms with E-state index < -0.39 is 0 Å². The van der Waals surface area contributed by atoms with E-state index in [9.17, 15) is 4.79 Å². The predicted molar refractivity (Wildman–Crippen MR) is 109 cm³/mol. The van der Waals surface area contributed by atoms with Crippen molar-refractivity contribution < 1.29 is 9.53 Å².